The van der Waals surface area contributed by atoms with Gasteiger partial charge in [0.25, 0.3) is 5.56 Å². The Morgan fingerprint density at radius 1 is 1.28 bits per heavy atom. The standard InChI is InChI=1S/C24H33ClN4O3/c1-13-5-6-17(27-23(30)15-9-21(25)28-22(10-15)32-4)11-18(13)19-8-16-12-26-14(2)7-20(16)29(3)24(19)31/h7-8,12-13,15,17-18,21-22,28H,5-6,9-11H2,1-4H3,(H,27,30). The summed E-state index contributed by atoms with van der Waals surface area (Å²) in [6.07, 6.45) is 5.46. The first kappa shape index (κ1) is 23.2. The topological polar surface area (TPSA) is 85.2 Å². The number of piperidine rings is 1. The number of rotatable bonds is 4. The van der Waals surface area contributed by atoms with Crippen LogP contribution in [0.2, 0.25) is 0 Å². The largest absolute Gasteiger partial charge is 0.367 e. The number of fused-ring (bicyclic) bond motifs is 1. The molecule has 174 valence electrons. The van der Waals surface area contributed by atoms with Gasteiger partial charge in [-0.1, -0.05) is 6.92 Å². The Bertz CT molecular complexity index is 1060. The average molecular weight is 461 g/mol. The second-order valence-electron chi connectivity index (χ2n) is 9.48. The van der Waals surface area contributed by atoms with E-state index in [1.54, 1.807) is 11.7 Å². The lowest BCUT2D eigenvalue weighted by Crippen LogP contribution is -2.50. The van der Waals surface area contributed by atoms with E-state index >= 15 is 0 Å². The molecule has 1 amide bonds. The van der Waals surface area contributed by atoms with Crippen molar-refractivity contribution < 1.29 is 9.53 Å². The van der Waals surface area contributed by atoms with Crippen molar-refractivity contribution in [2.75, 3.05) is 7.11 Å². The van der Waals surface area contributed by atoms with Gasteiger partial charge in [-0.3, -0.25) is 19.9 Å². The summed E-state index contributed by atoms with van der Waals surface area (Å²) in [5.41, 5.74) is 2.37. The number of hydrogen-bond donors (Lipinski definition) is 2. The van der Waals surface area contributed by atoms with E-state index in [-0.39, 0.29) is 41.1 Å². The van der Waals surface area contributed by atoms with E-state index in [0.29, 0.717) is 18.8 Å². The first-order chi connectivity index (χ1) is 15.3. The summed E-state index contributed by atoms with van der Waals surface area (Å²) < 4.78 is 7.10. The molecule has 0 aromatic carbocycles. The Balaban J connectivity index is 1.53. The fourth-order valence-electron chi connectivity index (χ4n) is 5.28. The highest BCUT2D eigenvalue weighted by Crippen LogP contribution is 2.37. The zero-order valence-corrected chi connectivity index (χ0v) is 20.0. The molecule has 32 heavy (non-hydrogen) atoms. The lowest BCUT2D eigenvalue weighted by Gasteiger charge is -2.37. The van der Waals surface area contributed by atoms with Gasteiger partial charge in [0.05, 0.1) is 11.0 Å². The summed E-state index contributed by atoms with van der Waals surface area (Å²) in [6, 6.07) is 4.00. The van der Waals surface area contributed by atoms with Crippen LogP contribution in [0.25, 0.3) is 10.9 Å². The van der Waals surface area contributed by atoms with Crippen LogP contribution in [-0.4, -0.2) is 40.3 Å². The fraction of sp³-hybridized carbons (Fsp3) is 0.625. The number of halogens is 1. The van der Waals surface area contributed by atoms with Crippen LogP contribution < -0.4 is 16.2 Å². The maximum absolute atomic E-state index is 13.2. The number of ether oxygens (including phenoxy) is 1. The molecule has 2 N–H and O–H groups in total. The molecule has 1 aliphatic carbocycles. The number of nitrogens with zero attached hydrogens (tertiary/aromatic N) is 2. The van der Waals surface area contributed by atoms with E-state index in [2.05, 4.69) is 22.5 Å². The first-order valence-corrected chi connectivity index (χ1v) is 11.9. The first-order valence-electron chi connectivity index (χ1n) is 11.5. The van der Waals surface area contributed by atoms with E-state index in [0.717, 1.165) is 41.4 Å². The molecular weight excluding hydrogens is 428 g/mol. The third kappa shape index (κ3) is 4.70. The molecule has 7 nitrogen and oxygen atoms in total. The zero-order chi connectivity index (χ0) is 23.0. The minimum absolute atomic E-state index is 0.0311. The molecule has 0 radical (unpaired) electrons. The number of hydrogen-bond acceptors (Lipinski definition) is 5. The number of alkyl halides is 1. The average Bonchev–Trinajstić information content (AvgIpc) is 2.77. The SMILES string of the molecule is COC1CC(C(=O)NC2CCC(C)C(c3cc4cnc(C)cc4n(C)c3=O)C2)CC(Cl)N1. The summed E-state index contributed by atoms with van der Waals surface area (Å²) in [7, 11) is 3.45. The smallest absolute Gasteiger partial charge is 0.254 e. The molecule has 0 bridgehead atoms. The highest BCUT2D eigenvalue weighted by Gasteiger charge is 2.35. The molecule has 1 saturated carbocycles. The molecule has 4 rings (SSSR count). The van der Waals surface area contributed by atoms with Crippen molar-refractivity contribution in [1.29, 1.82) is 0 Å². The maximum Gasteiger partial charge on any atom is 0.254 e. The third-order valence-electron chi connectivity index (χ3n) is 7.23. The van der Waals surface area contributed by atoms with Gasteiger partial charge in [-0.15, -0.1) is 11.6 Å². The van der Waals surface area contributed by atoms with Gasteiger partial charge in [0, 0.05) is 49.0 Å². The van der Waals surface area contributed by atoms with Crippen LogP contribution in [0.15, 0.2) is 23.1 Å². The van der Waals surface area contributed by atoms with Crippen molar-refractivity contribution in [2.45, 2.75) is 69.6 Å². The van der Waals surface area contributed by atoms with Crippen LogP contribution in [0.3, 0.4) is 0 Å². The van der Waals surface area contributed by atoms with Crippen molar-refractivity contribution >= 4 is 28.4 Å². The van der Waals surface area contributed by atoms with Crippen LogP contribution in [-0.2, 0) is 16.6 Å². The highest BCUT2D eigenvalue weighted by atomic mass is 35.5. The van der Waals surface area contributed by atoms with E-state index in [9.17, 15) is 9.59 Å². The van der Waals surface area contributed by atoms with Crippen molar-refractivity contribution in [3.8, 4) is 0 Å². The van der Waals surface area contributed by atoms with Crippen LogP contribution in [0.1, 0.15) is 56.2 Å². The normalized spacial score (nSPS) is 30.9. The molecule has 1 saturated heterocycles. The van der Waals surface area contributed by atoms with E-state index in [1.807, 2.05) is 32.3 Å². The second-order valence-corrected chi connectivity index (χ2v) is 10.0. The number of nitrogens with one attached hydrogen (secondary N) is 2. The maximum atomic E-state index is 13.2. The Hall–Kier alpha value is -1.96. The van der Waals surface area contributed by atoms with Gasteiger partial charge in [-0.2, -0.15) is 0 Å². The highest BCUT2D eigenvalue weighted by molar-refractivity contribution is 6.20. The van der Waals surface area contributed by atoms with Crippen molar-refractivity contribution in [1.82, 2.24) is 20.2 Å². The molecule has 1 aliphatic heterocycles. The van der Waals surface area contributed by atoms with Crippen molar-refractivity contribution in [3.63, 3.8) is 0 Å². The molecule has 2 aromatic heterocycles. The zero-order valence-electron chi connectivity index (χ0n) is 19.2. The van der Waals surface area contributed by atoms with Crippen molar-refractivity contribution in [2.24, 2.45) is 18.9 Å². The molecule has 2 aromatic rings. The predicted octanol–water partition coefficient (Wildman–Crippen LogP) is 3.17. The predicted molar refractivity (Wildman–Crippen MR) is 126 cm³/mol. The Morgan fingerprint density at radius 2 is 2.06 bits per heavy atom. The molecule has 6 unspecified atom stereocenters. The Labute approximate surface area is 193 Å². The molecule has 2 aliphatic rings. The minimum Gasteiger partial charge on any atom is -0.367 e. The van der Waals surface area contributed by atoms with Crippen LogP contribution in [0, 0.1) is 18.8 Å². The Kier molecular flexibility index (Phi) is 6.89. The molecular formula is C24H33ClN4O3. The summed E-state index contributed by atoms with van der Waals surface area (Å²) >= 11 is 6.27. The van der Waals surface area contributed by atoms with Gasteiger partial charge >= 0.3 is 0 Å². The summed E-state index contributed by atoms with van der Waals surface area (Å²) in [5, 5.41) is 7.36. The fourth-order valence-corrected chi connectivity index (χ4v) is 5.64. The molecule has 2 fully saturated rings. The van der Waals surface area contributed by atoms with Crippen LogP contribution >= 0.6 is 11.6 Å². The van der Waals surface area contributed by atoms with Gasteiger partial charge < -0.3 is 14.6 Å². The van der Waals surface area contributed by atoms with Gasteiger partial charge in [-0.05, 0) is 63.0 Å². The molecule has 3 heterocycles. The number of aryl methyl sites for hydroxylation is 2. The van der Waals surface area contributed by atoms with Gasteiger partial charge in [-0.25, -0.2) is 0 Å². The molecule has 0 spiro atoms. The lowest BCUT2D eigenvalue weighted by molar-refractivity contribution is -0.129. The van der Waals surface area contributed by atoms with Crippen molar-refractivity contribution in [3.05, 3.63) is 39.9 Å². The molecule has 6 atom stereocenters. The molecule has 8 heteroatoms. The number of aromatic nitrogens is 2. The second kappa shape index (κ2) is 9.49. The number of carbonyl (C=O) groups excluding carboxylic acids is 1. The Morgan fingerprint density at radius 3 is 2.81 bits per heavy atom. The van der Waals surface area contributed by atoms with Gasteiger partial charge in [0.15, 0.2) is 0 Å². The summed E-state index contributed by atoms with van der Waals surface area (Å²) in [4.78, 5) is 30.6. The summed E-state index contributed by atoms with van der Waals surface area (Å²) in [6.45, 7) is 4.13. The number of amides is 1. The van der Waals surface area contributed by atoms with Crippen LogP contribution in [0.5, 0.6) is 0 Å². The number of pyridine rings is 2. The van der Waals surface area contributed by atoms with E-state index in [4.69, 9.17) is 16.3 Å². The minimum atomic E-state index is -0.276. The van der Waals surface area contributed by atoms with Gasteiger partial charge in [0.1, 0.15) is 6.23 Å². The van der Waals surface area contributed by atoms with Gasteiger partial charge in [0.2, 0.25) is 5.91 Å². The quantitative estimate of drug-likeness (QED) is 0.540. The van der Waals surface area contributed by atoms with E-state index < -0.39 is 0 Å². The lowest BCUT2D eigenvalue weighted by atomic mass is 9.74. The number of methoxy groups -OCH3 is 1. The van der Waals surface area contributed by atoms with E-state index in [1.165, 1.54) is 0 Å². The third-order valence-corrected chi connectivity index (χ3v) is 7.53. The summed E-state index contributed by atoms with van der Waals surface area (Å²) in [5.74, 6) is 0.322. The number of carbonyl (C=O) groups is 1. The van der Waals surface area contributed by atoms with Crippen LogP contribution in [0.4, 0.5) is 0 Å². The monoisotopic (exact) mass is 460 g/mol.